The van der Waals surface area contributed by atoms with E-state index in [9.17, 15) is 15.4 Å². The Balaban J connectivity index is 1.96. The molecule has 1 aromatic heterocycles. The molecule has 0 aliphatic heterocycles. The maximum atomic E-state index is 11.0. The van der Waals surface area contributed by atoms with Gasteiger partial charge in [0.1, 0.15) is 11.8 Å². The summed E-state index contributed by atoms with van der Waals surface area (Å²) in [5.41, 5.74) is 4.83. The van der Waals surface area contributed by atoms with E-state index >= 15 is 0 Å². The van der Waals surface area contributed by atoms with Gasteiger partial charge in [0, 0.05) is 33.8 Å². The van der Waals surface area contributed by atoms with Crippen molar-refractivity contribution in [3.8, 4) is 39.6 Å². The van der Waals surface area contributed by atoms with Crippen molar-refractivity contribution in [2.24, 2.45) is 0 Å². The van der Waals surface area contributed by atoms with Crippen LogP contribution < -0.4 is 0 Å². The predicted octanol–water partition coefficient (Wildman–Crippen LogP) is 6.52. The lowest BCUT2D eigenvalue weighted by molar-refractivity contribution is -0.384. The van der Waals surface area contributed by atoms with Gasteiger partial charge in [0.05, 0.1) is 10.6 Å². The van der Waals surface area contributed by atoms with E-state index in [1.165, 1.54) is 12.1 Å². The van der Waals surface area contributed by atoms with Crippen LogP contribution >= 0.6 is 11.6 Å². The van der Waals surface area contributed by atoms with Gasteiger partial charge >= 0.3 is 0 Å². The molecule has 0 amide bonds. The third-order valence-electron chi connectivity index (χ3n) is 4.72. The summed E-state index contributed by atoms with van der Waals surface area (Å²) in [5.74, 6) is 0. The first-order valence-corrected chi connectivity index (χ1v) is 9.46. The zero-order chi connectivity index (χ0) is 21.1. The molecule has 30 heavy (non-hydrogen) atoms. The largest absolute Gasteiger partial charge is 0.269 e. The van der Waals surface area contributed by atoms with Crippen molar-refractivity contribution in [2.45, 2.75) is 0 Å². The molecule has 144 valence electrons. The third-order valence-corrected chi connectivity index (χ3v) is 4.97. The molecule has 5 nitrogen and oxygen atoms in total. The van der Waals surface area contributed by atoms with Crippen LogP contribution in [0.15, 0.2) is 84.9 Å². The van der Waals surface area contributed by atoms with E-state index in [1.807, 2.05) is 48.5 Å². The number of nitrogens with zero attached hydrogens (tertiary/aromatic N) is 3. The molecule has 0 radical (unpaired) electrons. The number of non-ortho nitro benzene ring substituents is 1. The van der Waals surface area contributed by atoms with Crippen LogP contribution in [0.25, 0.3) is 33.5 Å². The first-order valence-electron chi connectivity index (χ1n) is 9.08. The minimum atomic E-state index is -0.445. The zero-order valence-electron chi connectivity index (χ0n) is 15.6. The number of rotatable bonds is 4. The Morgan fingerprint density at radius 3 is 2.03 bits per heavy atom. The summed E-state index contributed by atoms with van der Waals surface area (Å²) in [6, 6.07) is 27.2. The number of hydrogen-bond donors (Lipinski definition) is 0. The van der Waals surface area contributed by atoms with Crippen molar-refractivity contribution < 1.29 is 4.92 Å². The minimum absolute atomic E-state index is 0.00157. The van der Waals surface area contributed by atoms with Crippen molar-refractivity contribution >= 4 is 17.3 Å². The fourth-order valence-electron chi connectivity index (χ4n) is 3.25. The highest BCUT2D eigenvalue weighted by molar-refractivity contribution is 6.30. The number of nitro groups is 1. The molecule has 4 aromatic rings. The number of nitriles is 1. The number of aromatic nitrogens is 1. The zero-order valence-corrected chi connectivity index (χ0v) is 16.4. The Morgan fingerprint density at radius 1 is 0.833 bits per heavy atom. The molecule has 0 aliphatic carbocycles. The predicted molar refractivity (Wildman–Crippen MR) is 117 cm³/mol. The smallest absolute Gasteiger partial charge is 0.258 e. The van der Waals surface area contributed by atoms with Gasteiger partial charge in [-0.25, -0.2) is 4.98 Å². The second kappa shape index (κ2) is 8.16. The monoisotopic (exact) mass is 411 g/mol. The van der Waals surface area contributed by atoms with E-state index in [1.54, 1.807) is 24.3 Å². The Bertz CT molecular complexity index is 1260. The maximum absolute atomic E-state index is 11.0. The quantitative estimate of drug-likeness (QED) is 0.283. The van der Waals surface area contributed by atoms with E-state index in [0.29, 0.717) is 21.8 Å². The average Bonchev–Trinajstić information content (AvgIpc) is 2.79. The second-order valence-electron chi connectivity index (χ2n) is 6.57. The molecule has 0 aliphatic rings. The van der Waals surface area contributed by atoms with E-state index < -0.39 is 4.92 Å². The van der Waals surface area contributed by atoms with Crippen LogP contribution in [0.5, 0.6) is 0 Å². The summed E-state index contributed by atoms with van der Waals surface area (Å²) in [4.78, 5) is 15.2. The molecule has 6 heteroatoms. The maximum Gasteiger partial charge on any atom is 0.269 e. The molecule has 0 N–H and O–H groups in total. The van der Waals surface area contributed by atoms with Crippen LogP contribution in [0.4, 0.5) is 5.69 Å². The Labute approximate surface area is 178 Å². The van der Waals surface area contributed by atoms with E-state index in [0.717, 1.165) is 16.7 Å². The fraction of sp³-hybridized carbons (Fsp3) is 0. The van der Waals surface area contributed by atoms with E-state index in [-0.39, 0.29) is 11.4 Å². The summed E-state index contributed by atoms with van der Waals surface area (Å²) < 4.78 is 0. The molecule has 0 atom stereocenters. The number of pyridine rings is 1. The first kappa shape index (κ1) is 19.3. The Hall–Kier alpha value is -4.01. The fourth-order valence-corrected chi connectivity index (χ4v) is 3.37. The number of benzene rings is 3. The van der Waals surface area contributed by atoms with E-state index in [2.05, 4.69) is 11.1 Å². The molecule has 0 saturated carbocycles. The number of nitro benzene ring substituents is 1. The van der Waals surface area contributed by atoms with Gasteiger partial charge in [-0.1, -0.05) is 54.1 Å². The molecular weight excluding hydrogens is 398 g/mol. The topological polar surface area (TPSA) is 79.8 Å². The number of hydrogen-bond acceptors (Lipinski definition) is 4. The molecule has 0 unspecified atom stereocenters. The first-order chi connectivity index (χ1) is 14.6. The number of halogens is 1. The van der Waals surface area contributed by atoms with Crippen LogP contribution in [0.3, 0.4) is 0 Å². The summed E-state index contributed by atoms with van der Waals surface area (Å²) >= 11 is 6.01. The standard InChI is InChI=1S/C24H14ClN3O2/c25-19-10-6-17(7-11-19)21-14-22(16-4-2-1-3-5-16)24(27-23(21)15-26)18-8-12-20(13-9-18)28(29)30/h1-14H. The highest BCUT2D eigenvalue weighted by atomic mass is 35.5. The molecular formula is C24H14ClN3O2. The summed E-state index contributed by atoms with van der Waals surface area (Å²) in [7, 11) is 0. The lowest BCUT2D eigenvalue weighted by atomic mass is 9.94. The highest BCUT2D eigenvalue weighted by Crippen LogP contribution is 2.36. The van der Waals surface area contributed by atoms with Gasteiger partial charge in [0.2, 0.25) is 0 Å². The summed E-state index contributed by atoms with van der Waals surface area (Å²) in [5, 5.41) is 21.4. The van der Waals surface area contributed by atoms with Crippen LogP contribution in [-0.4, -0.2) is 9.91 Å². The molecule has 1 heterocycles. The lowest BCUT2D eigenvalue weighted by Crippen LogP contribution is -1.97. The molecule has 0 saturated heterocycles. The van der Waals surface area contributed by atoms with Gasteiger partial charge in [-0.3, -0.25) is 10.1 Å². The Kier molecular flexibility index (Phi) is 5.25. The summed E-state index contributed by atoms with van der Waals surface area (Å²) in [6.45, 7) is 0. The summed E-state index contributed by atoms with van der Waals surface area (Å²) in [6.07, 6.45) is 0. The molecule has 3 aromatic carbocycles. The van der Waals surface area contributed by atoms with Crippen LogP contribution in [0.2, 0.25) is 5.02 Å². The van der Waals surface area contributed by atoms with Crippen LogP contribution in [-0.2, 0) is 0 Å². The molecule has 0 spiro atoms. The van der Waals surface area contributed by atoms with Gasteiger partial charge in [0.25, 0.3) is 5.69 Å². The van der Waals surface area contributed by atoms with Crippen molar-refractivity contribution in [1.82, 2.24) is 4.98 Å². The van der Waals surface area contributed by atoms with Crippen molar-refractivity contribution in [1.29, 1.82) is 5.26 Å². The third kappa shape index (κ3) is 3.77. The minimum Gasteiger partial charge on any atom is -0.258 e. The van der Waals surface area contributed by atoms with Crippen molar-refractivity contribution in [3.05, 3.63) is 106 Å². The van der Waals surface area contributed by atoms with E-state index in [4.69, 9.17) is 11.6 Å². The Morgan fingerprint density at radius 2 is 1.43 bits per heavy atom. The lowest BCUT2D eigenvalue weighted by Gasteiger charge is -2.14. The SMILES string of the molecule is N#Cc1nc(-c2ccc([N+](=O)[O-])cc2)c(-c2ccccc2)cc1-c1ccc(Cl)cc1. The van der Waals surface area contributed by atoms with Gasteiger partial charge in [-0.2, -0.15) is 5.26 Å². The van der Waals surface area contributed by atoms with Gasteiger partial charge in [-0.05, 0) is 41.5 Å². The van der Waals surface area contributed by atoms with Gasteiger partial charge in [-0.15, -0.1) is 0 Å². The van der Waals surface area contributed by atoms with Crippen molar-refractivity contribution in [3.63, 3.8) is 0 Å². The normalized spacial score (nSPS) is 10.4. The van der Waals surface area contributed by atoms with Gasteiger partial charge < -0.3 is 0 Å². The van der Waals surface area contributed by atoms with Gasteiger partial charge in [0.15, 0.2) is 0 Å². The second-order valence-corrected chi connectivity index (χ2v) is 7.01. The van der Waals surface area contributed by atoms with Crippen LogP contribution in [0.1, 0.15) is 5.69 Å². The molecule has 0 bridgehead atoms. The van der Waals surface area contributed by atoms with Crippen molar-refractivity contribution in [2.75, 3.05) is 0 Å². The highest BCUT2D eigenvalue weighted by Gasteiger charge is 2.17. The molecule has 0 fully saturated rings. The average molecular weight is 412 g/mol. The molecule has 4 rings (SSSR count). The van der Waals surface area contributed by atoms with Crippen LogP contribution in [0, 0.1) is 21.4 Å².